The Morgan fingerprint density at radius 2 is 1.64 bits per heavy atom. The standard InChI is InChI=1S/C20H17NO4/c22-19(23)12-6-4-11(5-7-12)18-15-3-1-2-14(15)16-10-13(20(24)25)8-9-17(16)21-18/h1-2,4-10,14-15,18,21H,3H2,(H,22,23)(H,24,25)/t14-,15-,18+/m1/s1. The number of aromatic carboxylic acids is 2. The molecule has 3 atom stereocenters. The molecular formula is C20H17NO4. The van der Waals surface area contributed by atoms with Crippen LogP contribution in [-0.2, 0) is 0 Å². The maximum Gasteiger partial charge on any atom is 0.335 e. The van der Waals surface area contributed by atoms with E-state index in [4.69, 9.17) is 5.11 Å². The van der Waals surface area contributed by atoms with Crippen molar-refractivity contribution in [2.75, 3.05) is 5.32 Å². The molecule has 1 heterocycles. The summed E-state index contributed by atoms with van der Waals surface area (Å²) in [6, 6.07) is 12.2. The van der Waals surface area contributed by atoms with Gasteiger partial charge in [0.1, 0.15) is 0 Å². The van der Waals surface area contributed by atoms with Crippen molar-refractivity contribution in [1.82, 2.24) is 0 Å². The molecule has 0 bridgehead atoms. The van der Waals surface area contributed by atoms with Crippen LogP contribution in [0.25, 0.3) is 0 Å². The molecule has 4 rings (SSSR count). The maximum atomic E-state index is 11.3. The van der Waals surface area contributed by atoms with Crippen molar-refractivity contribution in [2.45, 2.75) is 18.4 Å². The number of carboxylic acids is 2. The monoisotopic (exact) mass is 335 g/mol. The first-order valence-electron chi connectivity index (χ1n) is 8.18. The minimum absolute atomic E-state index is 0.0611. The summed E-state index contributed by atoms with van der Waals surface area (Å²) < 4.78 is 0. The van der Waals surface area contributed by atoms with E-state index >= 15 is 0 Å². The van der Waals surface area contributed by atoms with Crippen LogP contribution < -0.4 is 5.32 Å². The fourth-order valence-corrected chi connectivity index (χ4v) is 3.89. The van der Waals surface area contributed by atoms with Gasteiger partial charge >= 0.3 is 11.9 Å². The second-order valence-electron chi connectivity index (χ2n) is 6.51. The van der Waals surface area contributed by atoms with Crippen LogP contribution in [0.15, 0.2) is 54.6 Å². The fourth-order valence-electron chi connectivity index (χ4n) is 3.89. The van der Waals surface area contributed by atoms with Gasteiger partial charge < -0.3 is 15.5 Å². The molecule has 2 aliphatic rings. The molecule has 0 aromatic heterocycles. The van der Waals surface area contributed by atoms with Gasteiger partial charge in [-0.15, -0.1) is 0 Å². The van der Waals surface area contributed by atoms with Crippen molar-refractivity contribution in [1.29, 1.82) is 0 Å². The SMILES string of the molecule is O=C(O)c1ccc([C@@H]2Nc3ccc(C(=O)O)cc3[C@@H]3C=CC[C@H]32)cc1. The highest BCUT2D eigenvalue weighted by Gasteiger charge is 2.38. The molecule has 1 aliphatic carbocycles. The molecule has 126 valence electrons. The smallest absolute Gasteiger partial charge is 0.335 e. The lowest BCUT2D eigenvalue weighted by molar-refractivity contribution is 0.0686. The number of benzene rings is 2. The Morgan fingerprint density at radius 3 is 2.32 bits per heavy atom. The van der Waals surface area contributed by atoms with Crippen LogP contribution >= 0.6 is 0 Å². The summed E-state index contributed by atoms with van der Waals surface area (Å²) in [5, 5.41) is 21.8. The molecule has 0 spiro atoms. The number of anilines is 1. The first-order chi connectivity index (χ1) is 12.0. The molecule has 0 saturated carbocycles. The van der Waals surface area contributed by atoms with Crippen LogP contribution in [0.4, 0.5) is 5.69 Å². The van der Waals surface area contributed by atoms with Crippen molar-refractivity contribution < 1.29 is 19.8 Å². The number of nitrogens with one attached hydrogen (secondary N) is 1. The van der Waals surface area contributed by atoms with Crippen LogP contribution in [0.3, 0.4) is 0 Å². The van der Waals surface area contributed by atoms with E-state index in [2.05, 4.69) is 17.5 Å². The third-order valence-electron chi connectivity index (χ3n) is 5.13. The zero-order chi connectivity index (χ0) is 17.6. The van der Waals surface area contributed by atoms with Crippen LogP contribution in [0.2, 0.25) is 0 Å². The third kappa shape index (κ3) is 2.58. The quantitative estimate of drug-likeness (QED) is 0.740. The normalized spacial score (nSPS) is 23.4. The van der Waals surface area contributed by atoms with Crippen LogP contribution in [0.5, 0.6) is 0 Å². The molecule has 5 heteroatoms. The average molecular weight is 335 g/mol. The summed E-state index contributed by atoms with van der Waals surface area (Å²) in [4.78, 5) is 22.3. The summed E-state index contributed by atoms with van der Waals surface area (Å²) in [6.07, 6.45) is 5.19. The fraction of sp³-hybridized carbons (Fsp3) is 0.200. The van der Waals surface area contributed by atoms with Gasteiger partial charge in [-0.05, 0) is 53.8 Å². The van der Waals surface area contributed by atoms with Gasteiger partial charge in [-0.25, -0.2) is 9.59 Å². The summed E-state index contributed by atoms with van der Waals surface area (Å²) >= 11 is 0. The van der Waals surface area contributed by atoms with E-state index in [9.17, 15) is 14.7 Å². The average Bonchev–Trinajstić information content (AvgIpc) is 3.10. The zero-order valence-electron chi connectivity index (χ0n) is 13.3. The third-order valence-corrected chi connectivity index (χ3v) is 5.13. The number of fused-ring (bicyclic) bond motifs is 3. The highest BCUT2D eigenvalue weighted by atomic mass is 16.4. The number of hydrogen-bond donors (Lipinski definition) is 3. The second-order valence-corrected chi connectivity index (χ2v) is 6.51. The van der Waals surface area contributed by atoms with E-state index in [-0.39, 0.29) is 23.4 Å². The van der Waals surface area contributed by atoms with Gasteiger partial charge in [0.05, 0.1) is 17.2 Å². The van der Waals surface area contributed by atoms with Crippen molar-refractivity contribution in [2.24, 2.45) is 5.92 Å². The molecule has 0 unspecified atom stereocenters. The molecular weight excluding hydrogens is 318 g/mol. The Labute approximate surface area is 144 Å². The van der Waals surface area contributed by atoms with E-state index < -0.39 is 11.9 Å². The van der Waals surface area contributed by atoms with Gasteiger partial charge in [0.25, 0.3) is 0 Å². The predicted octanol–water partition coefficient (Wildman–Crippen LogP) is 3.91. The molecule has 2 aromatic rings. The summed E-state index contributed by atoms with van der Waals surface area (Å²) in [7, 11) is 0. The van der Waals surface area contributed by atoms with E-state index in [0.29, 0.717) is 5.56 Å². The summed E-state index contributed by atoms with van der Waals surface area (Å²) in [5.41, 5.74) is 3.55. The molecule has 2 aromatic carbocycles. The van der Waals surface area contributed by atoms with Crippen LogP contribution in [-0.4, -0.2) is 22.2 Å². The topological polar surface area (TPSA) is 86.6 Å². The first-order valence-corrected chi connectivity index (χ1v) is 8.18. The van der Waals surface area contributed by atoms with Gasteiger partial charge in [-0.3, -0.25) is 0 Å². The molecule has 3 N–H and O–H groups in total. The number of rotatable bonds is 3. The molecule has 25 heavy (non-hydrogen) atoms. The van der Waals surface area contributed by atoms with E-state index in [1.165, 1.54) is 0 Å². The Hall–Kier alpha value is -3.08. The molecule has 1 aliphatic heterocycles. The van der Waals surface area contributed by atoms with Gasteiger partial charge in [0.2, 0.25) is 0 Å². The largest absolute Gasteiger partial charge is 0.478 e. The molecule has 0 amide bonds. The minimum Gasteiger partial charge on any atom is -0.478 e. The number of allylic oxidation sites excluding steroid dienone is 2. The Kier molecular flexibility index (Phi) is 3.57. The lowest BCUT2D eigenvalue weighted by atomic mass is 9.76. The van der Waals surface area contributed by atoms with Crippen molar-refractivity contribution in [3.05, 3.63) is 76.9 Å². The van der Waals surface area contributed by atoms with E-state index in [0.717, 1.165) is 23.2 Å². The Balaban J connectivity index is 1.72. The van der Waals surface area contributed by atoms with Crippen LogP contribution in [0, 0.1) is 5.92 Å². The number of carbonyl (C=O) groups is 2. The molecule has 5 nitrogen and oxygen atoms in total. The van der Waals surface area contributed by atoms with E-state index in [1.54, 1.807) is 24.3 Å². The van der Waals surface area contributed by atoms with Crippen molar-refractivity contribution >= 4 is 17.6 Å². The molecule has 0 fully saturated rings. The number of hydrogen-bond acceptors (Lipinski definition) is 3. The highest BCUT2D eigenvalue weighted by molar-refractivity contribution is 5.89. The Bertz CT molecular complexity index is 885. The van der Waals surface area contributed by atoms with Crippen LogP contribution in [0.1, 0.15) is 50.2 Å². The van der Waals surface area contributed by atoms with Gasteiger partial charge in [0, 0.05) is 11.6 Å². The van der Waals surface area contributed by atoms with Gasteiger partial charge in [-0.1, -0.05) is 24.3 Å². The Morgan fingerprint density at radius 1 is 0.960 bits per heavy atom. The summed E-state index contributed by atoms with van der Waals surface area (Å²) in [6.45, 7) is 0. The minimum atomic E-state index is -0.935. The lowest BCUT2D eigenvalue weighted by Crippen LogP contribution is -2.29. The van der Waals surface area contributed by atoms with Gasteiger partial charge in [-0.2, -0.15) is 0 Å². The number of carboxylic acid groups (broad SMARTS) is 2. The zero-order valence-corrected chi connectivity index (χ0v) is 13.3. The summed E-state index contributed by atoms with van der Waals surface area (Å²) in [5.74, 6) is -1.41. The highest BCUT2D eigenvalue weighted by Crippen LogP contribution is 2.49. The van der Waals surface area contributed by atoms with Crippen molar-refractivity contribution in [3.8, 4) is 0 Å². The molecule has 0 saturated heterocycles. The van der Waals surface area contributed by atoms with Crippen molar-refractivity contribution in [3.63, 3.8) is 0 Å². The molecule has 0 radical (unpaired) electrons. The lowest BCUT2D eigenvalue weighted by Gasteiger charge is -2.37. The first kappa shape index (κ1) is 15.4. The second kappa shape index (κ2) is 5.77. The maximum absolute atomic E-state index is 11.3. The van der Waals surface area contributed by atoms with Gasteiger partial charge in [0.15, 0.2) is 0 Å². The predicted molar refractivity (Wildman–Crippen MR) is 93.2 cm³/mol. The van der Waals surface area contributed by atoms with E-state index in [1.807, 2.05) is 18.2 Å².